The first-order valence-electron chi connectivity index (χ1n) is 10.6. The van der Waals surface area contributed by atoms with E-state index in [0.717, 1.165) is 11.1 Å². The maximum Gasteiger partial charge on any atom is 0.318 e. The van der Waals surface area contributed by atoms with Crippen molar-refractivity contribution in [2.24, 2.45) is 0 Å². The molecule has 3 aromatic carbocycles. The van der Waals surface area contributed by atoms with Crippen molar-refractivity contribution in [2.45, 2.75) is 12.0 Å². The fourth-order valence-electron chi connectivity index (χ4n) is 3.82. The molecule has 168 valence electrons. The van der Waals surface area contributed by atoms with Gasteiger partial charge in [0.2, 0.25) is 0 Å². The highest BCUT2D eigenvalue weighted by molar-refractivity contribution is 5.99. The third-order valence-corrected chi connectivity index (χ3v) is 5.45. The summed E-state index contributed by atoms with van der Waals surface area (Å²) in [7, 11) is 1.51. The Morgan fingerprint density at radius 2 is 1.52 bits per heavy atom. The highest BCUT2D eigenvalue weighted by atomic mass is 16.5. The number of esters is 1. The number of hydrogen-bond acceptors (Lipinski definition) is 5. The van der Waals surface area contributed by atoms with Crippen molar-refractivity contribution in [3.8, 4) is 5.75 Å². The molecule has 1 aliphatic heterocycles. The van der Waals surface area contributed by atoms with Gasteiger partial charge in [-0.05, 0) is 23.3 Å². The molecule has 1 atom stereocenters. The van der Waals surface area contributed by atoms with Crippen LogP contribution in [0.4, 0.5) is 5.69 Å². The van der Waals surface area contributed by atoms with Crippen LogP contribution in [0.3, 0.4) is 0 Å². The minimum Gasteiger partial charge on any atom is -0.477 e. The number of nitrogens with one attached hydrogen (secondary N) is 1. The minimum atomic E-state index is -0.856. The quantitative estimate of drug-likeness (QED) is 0.591. The second-order valence-electron chi connectivity index (χ2n) is 7.55. The van der Waals surface area contributed by atoms with Crippen molar-refractivity contribution in [1.82, 2.24) is 5.32 Å². The van der Waals surface area contributed by atoms with E-state index in [1.54, 1.807) is 24.3 Å². The molecule has 1 N–H and O–H groups in total. The lowest BCUT2D eigenvalue weighted by molar-refractivity contribution is -0.148. The number of para-hydroxylation sites is 2. The number of hydrogen-bond donors (Lipinski definition) is 1. The Morgan fingerprint density at radius 1 is 0.939 bits per heavy atom. The van der Waals surface area contributed by atoms with E-state index in [-0.39, 0.29) is 12.5 Å². The summed E-state index contributed by atoms with van der Waals surface area (Å²) in [6.07, 6.45) is -0.856. The van der Waals surface area contributed by atoms with Gasteiger partial charge in [0.05, 0.1) is 12.2 Å². The Labute approximate surface area is 191 Å². The number of ether oxygens (including phenoxy) is 2. The molecular formula is C26H24N2O5. The molecule has 1 heterocycles. The number of rotatable bonds is 6. The lowest BCUT2D eigenvalue weighted by Gasteiger charge is -2.33. The normalized spacial score (nSPS) is 14.7. The van der Waals surface area contributed by atoms with E-state index < -0.39 is 30.5 Å². The molecule has 7 heteroatoms. The van der Waals surface area contributed by atoms with Crippen molar-refractivity contribution >= 4 is 23.5 Å². The molecule has 0 saturated heterocycles. The maximum absolute atomic E-state index is 13.1. The molecule has 7 nitrogen and oxygen atoms in total. The third kappa shape index (κ3) is 4.87. The summed E-state index contributed by atoms with van der Waals surface area (Å²) in [4.78, 5) is 39.8. The van der Waals surface area contributed by atoms with Gasteiger partial charge in [-0.2, -0.15) is 0 Å². The van der Waals surface area contributed by atoms with E-state index in [0.29, 0.717) is 11.4 Å². The fourth-order valence-corrected chi connectivity index (χ4v) is 3.82. The van der Waals surface area contributed by atoms with Crippen LogP contribution >= 0.6 is 0 Å². The summed E-state index contributed by atoms with van der Waals surface area (Å²) < 4.78 is 11.2. The van der Waals surface area contributed by atoms with Crippen LogP contribution in [0.15, 0.2) is 84.9 Å². The van der Waals surface area contributed by atoms with Gasteiger partial charge in [0.15, 0.2) is 12.7 Å². The van der Waals surface area contributed by atoms with Crippen LogP contribution in [0.2, 0.25) is 0 Å². The maximum atomic E-state index is 13.1. The van der Waals surface area contributed by atoms with Gasteiger partial charge < -0.3 is 19.7 Å². The van der Waals surface area contributed by atoms with Gasteiger partial charge in [0, 0.05) is 7.05 Å². The van der Waals surface area contributed by atoms with Crippen LogP contribution in [-0.2, 0) is 19.1 Å². The molecule has 0 saturated carbocycles. The van der Waals surface area contributed by atoms with Crippen molar-refractivity contribution in [3.05, 3.63) is 96.1 Å². The summed E-state index contributed by atoms with van der Waals surface area (Å²) >= 11 is 0. The standard InChI is InChI=1S/C26H24N2O5/c1-27-25(30)22-16-28(20-14-8-9-15-21(20)33-22)23(29)17-32-26(31)24(18-10-4-2-5-11-18)19-12-6-3-7-13-19/h2-15,22,24H,16-17H2,1H3,(H,27,30). The molecule has 3 aromatic rings. The fraction of sp³-hybridized carbons (Fsp3) is 0.192. The van der Waals surface area contributed by atoms with Gasteiger partial charge in [0.25, 0.3) is 11.8 Å². The van der Waals surface area contributed by atoms with Crippen LogP contribution in [0.5, 0.6) is 5.75 Å². The predicted molar refractivity (Wildman–Crippen MR) is 123 cm³/mol. The third-order valence-electron chi connectivity index (χ3n) is 5.45. The molecule has 0 fully saturated rings. The number of likely N-dealkylation sites (N-methyl/N-ethyl adjacent to an activating group) is 1. The highest BCUT2D eigenvalue weighted by Gasteiger charge is 2.34. The first-order chi connectivity index (χ1) is 16.1. The number of fused-ring (bicyclic) bond motifs is 1. The predicted octanol–water partition coefficient (Wildman–Crippen LogP) is 2.90. The van der Waals surface area contributed by atoms with Crippen molar-refractivity contribution in [3.63, 3.8) is 0 Å². The Balaban J connectivity index is 1.52. The Hall–Kier alpha value is -4.13. The monoisotopic (exact) mass is 444 g/mol. The van der Waals surface area contributed by atoms with Gasteiger partial charge in [0.1, 0.15) is 11.7 Å². The first kappa shape index (κ1) is 22.1. The van der Waals surface area contributed by atoms with E-state index >= 15 is 0 Å². The summed E-state index contributed by atoms with van der Waals surface area (Å²) in [6, 6.07) is 25.5. The minimum absolute atomic E-state index is 0.0217. The zero-order chi connectivity index (χ0) is 23.2. The second kappa shape index (κ2) is 9.99. The average Bonchev–Trinajstić information content (AvgIpc) is 2.87. The topological polar surface area (TPSA) is 84.9 Å². The van der Waals surface area contributed by atoms with E-state index in [1.165, 1.54) is 11.9 Å². The second-order valence-corrected chi connectivity index (χ2v) is 7.55. The van der Waals surface area contributed by atoms with E-state index in [9.17, 15) is 14.4 Å². The van der Waals surface area contributed by atoms with Crippen molar-refractivity contribution in [1.29, 1.82) is 0 Å². The molecule has 0 aliphatic carbocycles. The van der Waals surface area contributed by atoms with Gasteiger partial charge in [-0.25, -0.2) is 0 Å². The zero-order valence-corrected chi connectivity index (χ0v) is 18.1. The first-order valence-corrected chi connectivity index (χ1v) is 10.6. The molecule has 1 aliphatic rings. The van der Waals surface area contributed by atoms with Crippen molar-refractivity contribution in [2.75, 3.05) is 25.1 Å². The Kier molecular flexibility index (Phi) is 6.69. The van der Waals surface area contributed by atoms with E-state index in [4.69, 9.17) is 9.47 Å². The van der Waals surface area contributed by atoms with Gasteiger partial charge in [-0.3, -0.25) is 14.4 Å². The van der Waals surface area contributed by atoms with Crippen LogP contribution < -0.4 is 15.0 Å². The molecule has 0 radical (unpaired) electrons. The van der Waals surface area contributed by atoms with Gasteiger partial charge in [-0.15, -0.1) is 0 Å². The van der Waals surface area contributed by atoms with Crippen LogP contribution in [0, 0.1) is 0 Å². The lowest BCUT2D eigenvalue weighted by Crippen LogP contribution is -2.51. The number of anilines is 1. The molecule has 4 rings (SSSR count). The zero-order valence-electron chi connectivity index (χ0n) is 18.1. The summed E-state index contributed by atoms with van der Waals surface area (Å²) in [5.74, 6) is -1.54. The van der Waals surface area contributed by atoms with E-state index in [1.807, 2.05) is 60.7 Å². The molecule has 0 spiro atoms. The molecule has 33 heavy (non-hydrogen) atoms. The SMILES string of the molecule is CNC(=O)C1CN(C(=O)COC(=O)C(c2ccccc2)c2ccccc2)c2ccccc2O1. The van der Waals surface area contributed by atoms with Gasteiger partial charge >= 0.3 is 5.97 Å². The number of amides is 2. The van der Waals surface area contributed by atoms with Crippen LogP contribution in [0.1, 0.15) is 17.0 Å². The summed E-state index contributed by atoms with van der Waals surface area (Å²) in [6.45, 7) is -0.433. The van der Waals surface area contributed by atoms with Crippen LogP contribution in [-0.4, -0.2) is 44.1 Å². The average molecular weight is 444 g/mol. The van der Waals surface area contributed by atoms with Crippen molar-refractivity contribution < 1.29 is 23.9 Å². The number of carbonyl (C=O) groups is 3. The largest absolute Gasteiger partial charge is 0.477 e. The molecule has 1 unspecified atom stereocenters. The molecule has 2 amide bonds. The summed E-state index contributed by atoms with van der Waals surface area (Å²) in [5, 5.41) is 2.54. The van der Waals surface area contributed by atoms with Crippen LogP contribution in [0.25, 0.3) is 0 Å². The Bertz CT molecular complexity index is 1090. The van der Waals surface area contributed by atoms with Gasteiger partial charge in [-0.1, -0.05) is 72.8 Å². The summed E-state index contributed by atoms with van der Waals surface area (Å²) in [5.41, 5.74) is 2.08. The smallest absolute Gasteiger partial charge is 0.318 e. The number of carbonyl (C=O) groups excluding carboxylic acids is 3. The molecular weight excluding hydrogens is 420 g/mol. The lowest BCUT2D eigenvalue weighted by atomic mass is 9.91. The number of benzene rings is 3. The highest BCUT2D eigenvalue weighted by Crippen LogP contribution is 2.33. The Morgan fingerprint density at radius 3 is 2.12 bits per heavy atom. The molecule has 0 aromatic heterocycles. The molecule has 0 bridgehead atoms. The van der Waals surface area contributed by atoms with E-state index in [2.05, 4.69) is 5.32 Å². The number of nitrogens with zero attached hydrogens (tertiary/aromatic N) is 1.